The molecule has 154 valence electrons. The van der Waals surface area contributed by atoms with Crippen molar-refractivity contribution in [1.82, 2.24) is 4.90 Å². The first-order chi connectivity index (χ1) is 13.8. The number of sulfone groups is 1. The van der Waals surface area contributed by atoms with Crippen LogP contribution in [0.15, 0.2) is 44.2 Å². The van der Waals surface area contributed by atoms with Gasteiger partial charge in [0.05, 0.1) is 10.6 Å². The highest BCUT2D eigenvalue weighted by molar-refractivity contribution is 7.90. The van der Waals surface area contributed by atoms with Crippen molar-refractivity contribution in [2.45, 2.75) is 30.0 Å². The monoisotopic (exact) mass is 419 g/mol. The van der Waals surface area contributed by atoms with Gasteiger partial charge in [0.15, 0.2) is 16.0 Å². The van der Waals surface area contributed by atoms with E-state index in [2.05, 4.69) is 15.1 Å². The maximum atomic E-state index is 11.6. The first-order valence-electron chi connectivity index (χ1n) is 9.20. The van der Waals surface area contributed by atoms with Gasteiger partial charge in [0, 0.05) is 38.4 Å². The molecule has 4 rings (SSSR count). The summed E-state index contributed by atoms with van der Waals surface area (Å²) in [5.74, 6) is 0.255. The molecule has 0 spiro atoms. The lowest BCUT2D eigenvalue weighted by Gasteiger charge is -2.32. The molecule has 3 aliphatic heterocycles. The van der Waals surface area contributed by atoms with E-state index in [1.807, 2.05) is 0 Å². The van der Waals surface area contributed by atoms with Gasteiger partial charge >= 0.3 is 6.09 Å². The summed E-state index contributed by atoms with van der Waals surface area (Å²) in [7, 11) is -3.27. The number of nitrogens with zero attached hydrogens (tertiary/aromatic N) is 5. The van der Waals surface area contributed by atoms with Crippen LogP contribution in [-0.4, -0.2) is 74.6 Å². The zero-order chi connectivity index (χ0) is 20.6. The van der Waals surface area contributed by atoms with Gasteiger partial charge in [-0.3, -0.25) is 0 Å². The predicted octanol–water partition coefficient (Wildman–Crippen LogP) is 1.44. The van der Waals surface area contributed by atoms with E-state index in [1.165, 1.54) is 17.5 Å². The third kappa shape index (κ3) is 3.95. The van der Waals surface area contributed by atoms with Crippen LogP contribution < -0.4 is 5.01 Å². The van der Waals surface area contributed by atoms with Gasteiger partial charge in [-0.05, 0) is 24.3 Å². The quantitative estimate of drug-likeness (QED) is 0.790. The number of carboxylic acid groups (broad SMARTS) is 1. The fourth-order valence-electron chi connectivity index (χ4n) is 3.54. The molecular weight excluding hydrogens is 398 g/mol. The number of benzene rings is 1. The van der Waals surface area contributed by atoms with E-state index in [-0.39, 0.29) is 23.1 Å². The molecule has 2 unspecified atom stereocenters. The number of anilines is 1. The minimum absolute atomic E-state index is 0.104. The molecule has 0 radical (unpaired) electrons. The Morgan fingerprint density at radius 1 is 1.21 bits per heavy atom. The highest BCUT2D eigenvalue weighted by atomic mass is 32.2. The van der Waals surface area contributed by atoms with Crippen LogP contribution >= 0.6 is 0 Å². The molecule has 0 saturated carbocycles. The topological polar surface area (TPSA) is 124 Å². The van der Waals surface area contributed by atoms with E-state index in [0.717, 1.165) is 0 Å². The first kappa shape index (κ1) is 19.4. The standard InChI is InChI=1S/C18H21N5O5S/c1-29(26,27)14-4-2-12(3-5-14)23-16-15(10-21-23)17(20-11-19-16)28-13-6-8-22(9-7-13)18(24)25/h2-5,10-11,13,15-16H,6-9H2,1H3,(H,24,25). The van der Waals surface area contributed by atoms with Gasteiger partial charge in [0.2, 0.25) is 5.90 Å². The molecule has 0 aliphatic carbocycles. The molecule has 0 bridgehead atoms. The van der Waals surface area contributed by atoms with Crippen LogP contribution in [-0.2, 0) is 14.6 Å². The van der Waals surface area contributed by atoms with Crippen molar-refractivity contribution >= 4 is 40.1 Å². The zero-order valence-corrected chi connectivity index (χ0v) is 16.6. The van der Waals surface area contributed by atoms with Crippen molar-refractivity contribution in [3.63, 3.8) is 0 Å². The largest absolute Gasteiger partial charge is 0.477 e. The molecular formula is C18H21N5O5S. The fourth-order valence-corrected chi connectivity index (χ4v) is 4.17. The molecule has 2 atom stereocenters. The lowest BCUT2D eigenvalue weighted by atomic mass is 10.1. The van der Waals surface area contributed by atoms with E-state index < -0.39 is 15.9 Å². The highest BCUT2D eigenvalue weighted by Gasteiger charge is 2.39. The summed E-state index contributed by atoms with van der Waals surface area (Å²) in [4.78, 5) is 21.3. The Morgan fingerprint density at radius 2 is 1.90 bits per heavy atom. The van der Waals surface area contributed by atoms with Crippen LogP contribution in [0.2, 0.25) is 0 Å². The lowest BCUT2D eigenvalue weighted by Crippen LogP contribution is -2.43. The maximum Gasteiger partial charge on any atom is 0.407 e. The molecule has 11 heteroatoms. The number of rotatable bonds is 3. The third-order valence-corrected chi connectivity index (χ3v) is 6.27. The molecule has 10 nitrogen and oxygen atoms in total. The average molecular weight is 419 g/mol. The minimum atomic E-state index is -3.27. The van der Waals surface area contributed by atoms with Crippen molar-refractivity contribution in [3.8, 4) is 0 Å². The summed E-state index contributed by atoms with van der Waals surface area (Å²) in [6, 6.07) is 6.47. The van der Waals surface area contributed by atoms with Gasteiger partial charge in [-0.2, -0.15) is 5.10 Å². The number of amides is 1. The Hall–Kier alpha value is -2.95. The Kier molecular flexibility index (Phi) is 4.99. The Balaban J connectivity index is 1.43. The summed E-state index contributed by atoms with van der Waals surface area (Å²) in [6.07, 6.45) is 4.16. The third-order valence-electron chi connectivity index (χ3n) is 5.14. The van der Waals surface area contributed by atoms with Gasteiger partial charge in [-0.15, -0.1) is 0 Å². The summed E-state index contributed by atoms with van der Waals surface area (Å²) >= 11 is 0. The SMILES string of the molecule is CS(=O)(=O)c1ccc(N2N=CC3C(OC4CCN(C(=O)O)CC4)=NC=NC32)cc1. The molecule has 0 aromatic heterocycles. The van der Waals surface area contributed by atoms with Crippen LogP contribution in [0.5, 0.6) is 0 Å². The van der Waals surface area contributed by atoms with Gasteiger partial charge < -0.3 is 14.7 Å². The number of piperidine rings is 1. The highest BCUT2D eigenvalue weighted by Crippen LogP contribution is 2.30. The number of fused-ring (bicyclic) bond motifs is 1. The number of carbonyl (C=O) groups is 1. The molecule has 1 aromatic carbocycles. The average Bonchev–Trinajstić information content (AvgIpc) is 3.13. The summed E-state index contributed by atoms with van der Waals surface area (Å²) in [6.45, 7) is 0.866. The maximum absolute atomic E-state index is 11.6. The number of ether oxygens (including phenoxy) is 1. The van der Waals surface area contributed by atoms with Gasteiger partial charge in [0.25, 0.3) is 0 Å². The molecule has 1 fully saturated rings. The number of hydrogen-bond acceptors (Lipinski definition) is 8. The van der Waals surface area contributed by atoms with E-state index in [0.29, 0.717) is 37.5 Å². The van der Waals surface area contributed by atoms with E-state index in [4.69, 9.17) is 9.84 Å². The van der Waals surface area contributed by atoms with Gasteiger partial charge in [-0.25, -0.2) is 28.2 Å². The van der Waals surface area contributed by atoms with Crippen molar-refractivity contribution in [1.29, 1.82) is 0 Å². The normalized spacial score (nSPS) is 24.4. The number of aliphatic imine (C=N–C) groups is 2. The minimum Gasteiger partial charge on any atom is -0.477 e. The Labute approximate surface area is 168 Å². The van der Waals surface area contributed by atoms with Crippen LogP contribution in [0.4, 0.5) is 10.5 Å². The molecule has 1 N–H and O–H groups in total. The van der Waals surface area contributed by atoms with E-state index >= 15 is 0 Å². The second-order valence-electron chi connectivity index (χ2n) is 7.13. The number of hydrazone groups is 1. The predicted molar refractivity (Wildman–Crippen MR) is 107 cm³/mol. The summed E-state index contributed by atoms with van der Waals surface area (Å²) < 4.78 is 29.4. The fraction of sp³-hybridized carbons (Fsp3) is 0.444. The van der Waals surface area contributed by atoms with Gasteiger partial charge in [0.1, 0.15) is 18.4 Å². The van der Waals surface area contributed by atoms with Crippen molar-refractivity contribution in [2.24, 2.45) is 21.0 Å². The molecule has 1 saturated heterocycles. The van der Waals surface area contributed by atoms with Gasteiger partial charge in [-0.1, -0.05) is 0 Å². The van der Waals surface area contributed by atoms with E-state index in [1.54, 1.807) is 35.5 Å². The lowest BCUT2D eigenvalue weighted by molar-refractivity contribution is 0.0804. The molecule has 3 aliphatic rings. The Bertz CT molecular complexity index is 980. The second-order valence-corrected chi connectivity index (χ2v) is 9.15. The second kappa shape index (κ2) is 7.47. The summed E-state index contributed by atoms with van der Waals surface area (Å²) in [5.41, 5.74) is 0.717. The molecule has 29 heavy (non-hydrogen) atoms. The smallest absolute Gasteiger partial charge is 0.407 e. The summed E-state index contributed by atoms with van der Waals surface area (Å²) in [5, 5.41) is 15.2. The van der Waals surface area contributed by atoms with Crippen molar-refractivity contribution in [3.05, 3.63) is 24.3 Å². The Morgan fingerprint density at radius 3 is 2.52 bits per heavy atom. The molecule has 1 amide bonds. The zero-order valence-electron chi connectivity index (χ0n) is 15.7. The van der Waals surface area contributed by atoms with E-state index in [9.17, 15) is 13.2 Å². The number of likely N-dealkylation sites (tertiary alicyclic amines) is 1. The van der Waals surface area contributed by atoms with Crippen LogP contribution in [0, 0.1) is 5.92 Å². The molecule has 3 heterocycles. The number of hydrogen-bond donors (Lipinski definition) is 1. The van der Waals surface area contributed by atoms with Crippen LogP contribution in [0.3, 0.4) is 0 Å². The van der Waals surface area contributed by atoms with Crippen molar-refractivity contribution < 1.29 is 23.1 Å². The molecule has 1 aromatic rings. The van der Waals surface area contributed by atoms with Crippen LogP contribution in [0.25, 0.3) is 0 Å². The van der Waals surface area contributed by atoms with Crippen molar-refractivity contribution in [2.75, 3.05) is 24.4 Å². The van der Waals surface area contributed by atoms with Crippen LogP contribution in [0.1, 0.15) is 12.8 Å². The first-order valence-corrected chi connectivity index (χ1v) is 11.1.